The number of hydrogen-bond donors (Lipinski definition) is 3. The second-order valence-electron chi connectivity index (χ2n) is 6.90. The number of rotatable bonds is 9. The molecule has 29 heavy (non-hydrogen) atoms. The molecule has 2 aromatic rings. The summed E-state index contributed by atoms with van der Waals surface area (Å²) in [7, 11) is -4.71. The Balaban J connectivity index is 2.52. The summed E-state index contributed by atoms with van der Waals surface area (Å²) < 4.78 is 45.3. The fourth-order valence-electron chi connectivity index (χ4n) is 2.47. The summed E-state index contributed by atoms with van der Waals surface area (Å²) in [5.74, 6) is 0. The van der Waals surface area contributed by atoms with Crippen LogP contribution < -0.4 is 15.6 Å². The molecular formula is C17H25ClN3O6PS. The fourth-order valence-corrected chi connectivity index (χ4v) is 5.42. The van der Waals surface area contributed by atoms with Gasteiger partial charge >= 0.3 is 7.60 Å². The van der Waals surface area contributed by atoms with E-state index in [-0.39, 0.29) is 27.4 Å². The van der Waals surface area contributed by atoms with Crippen LogP contribution in [0.5, 0.6) is 0 Å². The number of nitrogens with one attached hydrogen (secondary N) is 2. The molecule has 0 saturated carbocycles. The second-order valence-corrected chi connectivity index (χ2v) is 10.8. The van der Waals surface area contributed by atoms with Crippen LogP contribution in [0.2, 0.25) is 5.02 Å². The van der Waals surface area contributed by atoms with Crippen molar-refractivity contribution in [3.05, 3.63) is 33.6 Å². The Hall–Kier alpha value is -1.26. The van der Waals surface area contributed by atoms with E-state index in [0.717, 1.165) is 6.07 Å². The van der Waals surface area contributed by atoms with Crippen LogP contribution in [-0.4, -0.2) is 56.5 Å². The van der Waals surface area contributed by atoms with Gasteiger partial charge in [-0.05, 0) is 45.6 Å². The third-order valence-corrected chi connectivity index (χ3v) is 7.73. The minimum absolute atomic E-state index is 0.0821. The van der Waals surface area contributed by atoms with E-state index >= 15 is 0 Å². The van der Waals surface area contributed by atoms with Gasteiger partial charge in [0.25, 0.3) is 5.56 Å². The van der Waals surface area contributed by atoms with Crippen LogP contribution in [0.3, 0.4) is 0 Å². The van der Waals surface area contributed by atoms with Crippen LogP contribution in [0.15, 0.2) is 27.9 Å². The number of hydrogen-bond acceptors (Lipinski definition) is 6. The van der Waals surface area contributed by atoms with Crippen LogP contribution in [-0.2, 0) is 19.1 Å². The van der Waals surface area contributed by atoms with Crippen molar-refractivity contribution >= 4 is 45.4 Å². The topological polar surface area (TPSA) is 129 Å². The monoisotopic (exact) mass is 465 g/mol. The van der Waals surface area contributed by atoms with Gasteiger partial charge in [-0.15, -0.1) is 0 Å². The molecule has 2 atom stereocenters. The zero-order valence-corrected chi connectivity index (χ0v) is 19.1. The summed E-state index contributed by atoms with van der Waals surface area (Å²) in [6, 6.07) is 3.70. The van der Waals surface area contributed by atoms with Gasteiger partial charge in [0.15, 0.2) is 0 Å². The van der Waals surface area contributed by atoms with Crippen molar-refractivity contribution in [2.24, 2.45) is 0 Å². The molecule has 0 saturated heterocycles. The number of likely N-dealkylation sites (N-methyl/N-ethyl adjacent to an activating group) is 1. The summed E-state index contributed by atoms with van der Waals surface area (Å²) in [5.41, 5.74) is -0.568. The highest BCUT2D eigenvalue weighted by Gasteiger charge is 2.29. The highest BCUT2D eigenvalue weighted by atomic mass is 35.5. The minimum Gasteiger partial charge on any atom is -0.321 e. The molecule has 2 rings (SSSR count). The molecule has 0 spiro atoms. The molecule has 2 unspecified atom stereocenters. The molecule has 0 aliphatic heterocycles. The molecule has 0 bridgehead atoms. The van der Waals surface area contributed by atoms with Gasteiger partial charge in [-0.3, -0.25) is 9.36 Å². The smallest absolute Gasteiger partial charge is 0.321 e. The van der Waals surface area contributed by atoms with Gasteiger partial charge in [-0.1, -0.05) is 18.5 Å². The second kappa shape index (κ2) is 9.26. The van der Waals surface area contributed by atoms with Crippen molar-refractivity contribution in [3.63, 3.8) is 0 Å². The highest BCUT2D eigenvalue weighted by molar-refractivity contribution is 7.89. The largest absolute Gasteiger partial charge is 0.364 e. The van der Waals surface area contributed by atoms with E-state index in [0.29, 0.717) is 13.0 Å². The molecule has 1 aromatic carbocycles. The number of nitrogens with zero attached hydrogens (tertiary/aromatic N) is 1. The third-order valence-electron chi connectivity index (χ3n) is 4.22. The molecule has 3 N–H and O–H groups in total. The SMILES string of the molecule is CCC(C)OP(=O)(O)c1cc2cc(S(=O)(=O)NCCN(C)C)c(Cl)cc2[nH]c1=O. The number of aromatic amines is 1. The van der Waals surface area contributed by atoms with E-state index in [4.69, 9.17) is 16.1 Å². The Labute approximate surface area is 174 Å². The molecule has 12 heteroatoms. The van der Waals surface area contributed by atoms with Crippen LogP contribution >= 0.6 is 19.2 Å². The van der Waals surface area contributed by atoms with Gasteiger partial charge in [0.1, 0.15) is 10.2 Å². The highest BCUT2D eigenvalue weighted by Crippen LogP contribution is 2.42. The maximum Gasteiger partial charge on any atom is 0.364 e. The third kappa shape index (κ3) is 5.88. The first-order valence-electron chi connectivity index (χ1n) is 8.90. The van der Waals surface area contributed by atoms with E-state index in [2.05, 4.69) is 9.71 Å². The van der Waals surface area contributed by atoms with E-state index in [1.807, 2.05) is 19.0 Å². The number of aromatic nitrogens is 1. The van der Waals surface area contributed by atoms with Crippen molar-refractivity contribution in [3.8, 4) is 0 Å². The predicted octanol–water partition coefficient (Wildman–Crippen LogP) is 1.65. The van der Waals surface area contributed by atoms with Crippen molar-refractivity contribution < 1.29 is 22.4 Å². The lowest BCUT2D eigenvalue weighted by atomic mass is 10.2. The van der Waals surface area contributed by atoms with Crippen molar-refractivity contribution in [1.82, 2.24) is 14.6 Å². The molecule has 1 aromatic heterocycles. The average Bonchev–Trinajstić information content (AvgIpc) is 2.59. The first-order chi connectivity index (χ1) is 13.4. The van der Waals surface area contributed by atoms with Crippen LogP contribution in [0.4, 0.5) is 0 Å². The lowest BCUT2D eigenvalue weighted by Gasteiger charge is -2.17. The van der Waals surface area contributed by atoms with E-state index in [1.54, 1.807) is 13.8 Å². The van der Waals surface area contributed by atoms with Crippen LogP contribution in [0, 0.1) is 0 Å². The lowest BCUT2D eigenvalue weighted by Crippen LogP contribution is -2.31. The first-order valence-corrected chi connectivity index (χ1v) is 12.3. The Kier molecular flexibility index (Phi) is 7.67. The number of fused-ring (bicyclic) bond motifs is 1. The molecule has 0 amide bonds. The summed E-state index contributed by atoms with van der Waals surface area (Å²) in [4.78, 5) is 26.6. The van der Waals surface area contributed by atoms with E-state index in [1.165, 1.54) is 12.1 Å². The molecule has 0 aliphatic rings. The molecule has 0 aliphatic carbocycles. The van der Waals surface area contributed by atoms with Gasteiger partial charge in [-0.25, -0.2) is 13.1 Å². The number of H-pyrrole nitrogens is 1. The van der Waals surface area contributed by atoms with E-state index in [9.17, 15) is 22.7 Å². The average molecular weight is 466 g/mol. The molecule has 162 valence electrons. The standard InChI is InChI=1S/C17H25ClN3O6PS/c1-5-11(2)27-28(23,24)15-8-12-9-16(13(18)10-14(12)20-17(15)22)29(25,26)19-6-7-21(3)4/h8-11,19H,5-7H2,1-4H3,(H,20,22)(H,23,24). The maximum absolute atomic E-state index is 12.6. The number of pyridine rings is 1. The lowest BCUT2D eigenvalue weighted by molar-refractivity contribution is 0.192. The summed E-state index contributed by atoms with van der Waals surface area (Å²) in [6.45, 7) is 4.05. The van der Waals surface area contributed by atoms with Gasteiger partial charge in [0.2, 0.25) is 10.0 Å². The summed E-state index contributed by atoms with van der Waals surface area (Å²) >= 11 is 6.12. The number of sulfonamides is 1. The summed E-state index contributed by atoms with van der Waals surface area (Å²) in [6.07, 6.45) is -0.0601. The first kappa shape index (κ1) is 24.0. The van der Waals surface area contributed by atoms with Gasteiger partial charge in [0.05, 0.1) is 11.1 Å². The number of halogens is 1. The Morgan fingerprint density at radius 2 is 2.00 bits per heavy atom. The van der Waals surface area contributed by atoms with Gasteiger partial charge in [-0.2, -0.15) is 0 Å². The van der Waals surface area contributed by atoms with Crippen molar-refractivity contribution in [2.45, 2.75) is 31.3 Å². The Morgan fingerprint density at radius 3 is 2.59 bits per heavy atom. The zero-order chi connectivity index (χ0) is 22.0. The van der Waals surface area contributed by atoms with E-state index < -0.39 is 34.6 Å². The molecule has 9 nitrogen and oxygen atoms in total. The molecule has 1 heterocycles. The van der Waals surface area contributed by atoms with Gasteiger partial charge in [0, 0.05) is 24.0 Å². The predicted molar refractivity (Wildman–Crippen MR) is 114 cm³/mol. The minimum atomic E-state index is -4.40. The fraction of sp³-hybridized carbons (Fsp3) is 0.471. The molecule has 0 radical (unpaired) electrons. The maximum atomic E-state index is 12.6. The quantitative estimate of drug-likeness (QED) is 0.480. The van der Waals surface area contributed by atoms with Gasteiger partial charge < -0.3 is 19.3 Å². The Bertz CT molecular complexity index is 1100. The van der Waals surface area contributed by atoms with Crippen LogP contribution in [0.1, 0.15) is 20.3 Å². The molecule has 0 fully saturated rings. The Morgan fingerprint density at radius 1 is 1.34 bits per heavy atom. The number of benzene rings is 1. The summed E-state index contributed by atoms with van der Waals surface area (Å²) in [5, 5.41) is -0.308. The molecular weight excluding hydrogens is 441 g/mol. The zero-order valence-electron chi connectivity index (χ0n) is 16.6. The normalized spacial score (nSPS) is 15.6. The van der Waals surface area contributed by atoms with Crippen molar-refractivity contribution in [1.29, 1.82) is 0 Å². The van der Waals surface area contributed by atoms with Crippen molar-refractivity contribution in [2.75, 3.05) is 27.2 Å². The van der Waals surface area contributed by atoms with Crippen LogP contribution in [0.25, 0.3) is 10.9 Å².